The number of sulfonamides is 1. The zero-order valence-corrected chi connectivity index (χ0v) is 22.5. The SMILES string of the molecule is CC(C)(C)C(C(=O)O)N(c1ccc2c(ccn2-c2ccccc2C#N)c1)S(=O)(=O)c1cc(Cl)cc(Cl)c1. The lowest BCUT2D eigenvalue weighted by Gasteiger charge is -2.37. The van der Waals surface area contributed by atoms with Gasteiger partial charge in [0.2, 0.25) is 0 Å². The number of halogens is 2. The molecule has 0 bridgehead atoms. The summed E-state index contributed by atoms with van der Waals surface area (Å²) < 4.78 is 30.7. The number of aliphatic carboxylic acids is 1. The van der Waals surface area contributed by atoms with Gasteiger partial charge < -0.3 is 9.67 Å². The molecule has 4 rings (SSSR count). The van der Waals surface area contributed by atoms with Crippen LogP contribution in [0.3, 0.4) is 0 Å². The van der Waals surface area contributed by atoms with Crippen molar-refractivity contribution in [1.29, 1.82) is 5.26 Å². The Morgan fingerprint density at radius 2 is 1.68 bits per heavy atom. The van der Waals surface area contributed by atoms with Crippen LogP contribution in [0.2, 0.25) is 10.0 Å². The molecule has 0 aliphatic carbocycles. The number of rotatable bonds is 6. The second-order valence-electron chi connectivity index (χ2n) is 9.57. The number of nitrogens with zero attached hydrogens (tertiary/aromatic N) is 3. The number of aromatic nitrogens is 1. The molecule has 7 nitrogen and oxygen atoms in total. The zero-order valence-electron chi connectivity index (χ0n) is 20.2. The summed E-state index contributed by atoms with van der Waals surface area (Å²) in [6.45, 7) is 4.98. The molecule has 4 aromatic rings. The van der Waals surface area contributed by atoms with Crippen LogP contribution in [0.15, 0.2) is 77.8 Å². The highest BCUT2D eigenvalue weighted by Gasteiger charge is 2.43. The highest BCUT2D eigenvalue weighted by atomic mass is 35.5. The fourth-order valence-electron chi connectivity index (χ4n) is 4.30. The number of nitriles is 1. The van der Waals surface area contributed by atoms with Crippen molar-refractivity contribution in [3.63, 3.8) is 0 Å². The van der Waals surface area contributed by atoms with Crippen molar-refractivity contribution in [2.75, 3.05) is 4.31 Å². The van der Waals surface area contributed by atoms with E-state index >= 15 is 0 Å². The largest absolute Gasteiger partial charge is 0.480 e. The first-order chi connectivity index (χ1) is 17.3. The molecule has 0 saturated carbocycles. The molecule has 0 radical (unpaired) electrons. The number of hydrogen-bond acceptors (Lipinski definition) is 4. The van der Waals surface area contributed by atoms with Gasteiger partial charge in [-0.1, -0.05) is 56.1 Å². The fraction of sp³-hybridized carbons (Fsp3) is 0.185. The summed E-state index contributed by atoms with van der Waals surface area (Å²) in [7, 11) is -4.42. The minimum absolute atomic E-state index is 0.109. The fourth-order valence-corrected chi connectivity index (χ4v) is 6.80. The van der Waals surface area contributed by atoms with Crippen molar-refractivity contribution in [3.05, 3.63) is 88.5 Å². The standard InChI is InChI=1S/C27H23Cl2N3O4S/c1-27(2,3)25(26(33)34)32(37(35,36)22-14-19(28)13-20(29)15-22)21-8-9-24-17(12-21)10-11-31(24)23-7-5-4-6-18(23)16-30/h4-15,25H,1-3H3,(H,33,34). The molecular weight excluding hydrogens is 533 g/mol. The van der Waals surface area contributed by atoms with Gasteiger partial charge in [0, 0.05) is 21.6 Å². The van der Waals surface area contributed by atoms with E-state index in [1.54, 1.807) is 63.4 Å². The summed E-state index contributed by atoms with van der Waals surface area (Å²) >= 11 is 12.2. The molecule has 1 N–H and O–H groups in total. The normalized spacial score (nSPS) is 12.8. The molecule has 0 amide bonds. The van der Waals surface area contributed by atoms with Gasteiger partial charge in [-0.2, -0.15) is 5.26 Å². The van der Waals surface area contributed by atoms with E-state index in [2.05, 4.69) is 6.07 Å². The Labute approximate surface area is 225 Å². The van der Waals surface area contributed by atoms with E-state index in [-0.39, 0.29) is 20.6 Å². The number of benzene rings is 3. The number of para-hydroxylation sites is 1. The first-order valence-corrected chi connectivity index (χ1v) is 13.4. The van der Waals surface area contributed by atoms with Gasteiger partial charge in [0.05, 0.1) is 27.4 Å². The van der Waals surface area contributed by atoms with E-state index < -0.39 is 27.4 Å². The molecule has 1 heterocycles. The van der Waals surface area contributed by atoms with Crippen LogP contribution in [-0.4, -0.2) is 30.1 Å². The zero-order chi connectivity index (χ0) is 27.1. The monoisotopic (exact) mass is 555 g/mol. The third-order valence-electron chi connectivity index (χ3n) is 5.89. The van der Waals surface area contributed by atoms with E-state index in [4.69, 9.17) is 23.2 Å². The summed E-state index contributed by atoms with van der Waals surface area (Å²) in [5.41, 5.74) is 1.05. The van der Waals surface area contributed by atoms with Crippen LogP contribution in [0.25, 0.3) is 16.6 Å². The van der Waals surface area contributed by atoms with Crippen molar-refractivity contribution < 1.29 is 18.3 Å². The molecule has 1 aromatic heterocycles. The highest BCUT2D eigenvalue weighted by molar-refractivity contribution is 7.93. The number of anilines is 1. The predicted octanol–water partition coefficient (Wildman–Crippen LogP) is 6.50. The lowest BCUT2D eigenvalue weighted by molar-refractivity contribution is -0.140. The summed E-state index contributed by atoms with van der Waals surface area (Å²) in [4.78, 5) is 12.3. The van der Waals surface area contributed by atoms with Crippen LogP contribution in [0.5, 0.6) is 0 Å². The second-order valence-corrected chi connectivity index (χ2v) is 12.3. The topological polar surface area (TPSA) is 103 Å². The van der Waals surface area contributed by atoms with Gasteiger partial charge in [-0.3, -0.25) is 4.31 Å². The number of carbonyl (C=O) groups is 1. The van der Waals surface area contributed by atoms with Crippen LogP contribution in [0, 0.1) is 16.7 Å². The van der Waals surface area contributed by atoms with Crippen LogP contribution >= 0.6 is 23.2 Å². The highest BCUT2D eigenvalue weighted by Crippen LogP contribution is 2.37. The second kappa shape index (κ2) is 9.75. The van der Waals surface area contributed by atoms with Crippen LogP contribution in [0.4, 0.5) is 5.69 Å². The first kappa shape index (κ1) is 26.6. The average molecular weight is 556 g/mol. The average Bonchev–Trinajstić information content (AvgIpc) is 3.23. The minimum atomic E-state index is -4.42. The van der Waals surface area contributed by atoms with Crippen molar-refractivity contribution in [2.24, 2.45) is 5.41 Å². The molecule has 10 heteroatoms. The summed E-state index contributed by atoms with van der Waals surface area (Å²) in [5.74, 6) is -1.30. The predicted molar refractivity (Wildman–Crippen MR) is 145 cm³/mol. The van der Waals surface area contributed by atoms with E-state index in [1.807, 2.05) is 16.7 Å². The Balaban J connectivity index is 1.95. The Kier molecular flexibility index (Phi) is 6.99. The van der Waals surface area contributed by atoms with E-state index in [1.165, 1.54) is 18.2 Å². The van der Waals surface area contributed by atoms with E-state index in [9.17, 15) is 23.6 Å². The molecule has 0 aliphatic heterocycles. The van der Waals surface area contributed by atoms with Crippen molar-refractivity contribution in [2.45, 2.75) is 31.7 Å². The van der Waals surface area contributed by atoms with Crippen LogP contribution < -0.4 is 4.31 Å². The maximum Gasteiger partial charge on any atom is 0.328 e. The molecule has 0 saturated heterocycles. The van der Waals surface area contributed by atoms with Gasteiger partial charge in [0.15, 0.2) is 0 Å². The van der Waals surface area contributed by atoms with Gasteiger partial charge in [-0.05, 0) is 60.0 Å². The van der Waals surface area contributed by atoms with Crippen molar-refractivity contribution in [3.8, 4) is 11.8 Å². The molecule has 0 spiro atoms. The summed E-state index contributed by atoms with van der Waals surface area (Å²) in [6.07, 6.45) is 1.78. The van der Waals surface area contributed by atoms with Crippen LogP contribution in [-0.2, 0) is 14.8 Å². The lowest BCUT2D eigenvalue weighted by atomic mass is 9.86. The Hall–Kier alpha value is -3.51. The van der Waals surface area contributed by atoms with Crippen LogP contribution in [0.1, 0.15) is 26.3 Å². The van der Waals surface area contributed by atoms with Gasteiger partial charge in [0.1, 0.15) is 12.1 Å². The molecule has 37 heavy (non-hydrogen) atoms. The number of fused-ring (bicyclic) bond motifs is 1. The van der Waals surface area contributed by atoms with Gasteiger partial charge in [-0.25, -0.2) is 13.2 Å². The maximum absolute atomic E-state index is 14.0. The van der Waals surface area contributed by atoms with Gasteiger partial charge in [0.25, 0.3) is 10.0 Å². The van der Waals surface area contributed by atoms with Crippen molar-refractivity contribution >= 4 is 55.8 Å². The maximum atomic E-state index is 14.0. The Bertz CT molecular complexity index is 1650. The lowest BCUT2D eigenvalue weighted by Crippen LogP contribution is -2.52. The van der Waals surface area contributed by atoms with Crippen molar-refractivity contribution in [1.82, 2.24) is 4.57 Å². The van der Waals surface area contributed by atoms with Gasteiger partial charge >= 0.3 is 5.97 Å². The number of hydrogen-bond donors (Lipinski definition) is 1. The van der Waals surface area contributed by atoms with Gasteiger partial charge in [-0.15, -0.1) is 0 Å². The molecule has 1 unspecified atom stereocenters. The Morgan fingerprint density at radius 3 is 2.27 bits per heavy atom. The minimum Gasteiger partial charge on any atom is -0.480 e. The summed E-state index contributed by atoms with van der Waals surface area (Å²) in [6, 6.07) is 18.4. The molecule has 0 aliphatic rings. The molecule has 190 valence electrons. The van der Waals surface area contributed by atoms with E-state index in [0.29, 0.717) is 16.6 Å². The Morgan fingerprint density at radius 1 is 1.03 bits per heavy atom. The smallest absolute Gasteiger partial charge is 0.328 e. The third-order valence-corrected chi connectivity index (χ3v) is 8.10. The quantitative estimate of drug-likeness (QED) is 0.292. The molecule has 3 aromatic carbocycles. The van der Waals surface area contributed by atoms with E-state index in [0.717, 1.165) is 9.82 Å². The molecule has 1 atom stereocenters. The molecular formula is C27H23Cl2N3O4S. The first-order valence-electron chi connectivity index (χ1n) is 11.2. The molecule has 0 fully saturated rings. The number of carboxylic acid groups (broad SMARTS) is 1. The number of carboxylic acids is 1. The third kappa shape index (κ3) is 5.03. The summed E-state index contributed by atoms with van der Waals surface area (Å²) in [5, 5.41) is 20.6.